The highest BCUT2D eigenvalue weighted by Crippen LogP contribution is 2.43. The molecule has 0 aliphatic heterocycles. The molecule has 0 aromatic carbocycles. The topological polar surface area (TPSA) is 20.2 Å². The lowest BCUT2D eigenvalue weighted by molar-refractivity contribution is -0.0465. The summed E-state index contributed by atoms with van der Waals surface area (Å²) in [6.45, 7) is 6.91. The molecule has 1 rings (SSSR count). The van der Waals surface area contributed by atoms with Gasteiger partial charge in [0, 0.05) is 0 Å². The minimum absolute atomic E-state index is 0.345. The SMILES string of the molecule is CCCCCCCCCCCCC1(O)CCCC(C)(C)C1. The van der Waals surface area contributed by atoms with Gasteiger partial charge in [-0.15, -0.1) is 0 Å². The Morgan fingerprint density at radius 1 is 0.762 bits per heavy atom. The molecule has 1 atom stereocenters. The molecule has 0 spiro atoms. The molecule has 126 valence electrons. The second-order valence-electron chi connectivity index (χ2n) is 8.35. The van der Waals surface area contributed by atoms with Crippen LogP contribution in [0.1, 0.15) is 117 Å². The largest absolute Gasteiger partial charge is 0.390 e. The van der Waals surface area contributed by atoms with Crippen LogP contribution in [-0.2, 0) is 0 Å². The first-order valence-corrected chi connectivity index (χ1v) is 9.70. The first kappa shape index (κ1) is 19.0. The van der Waals surface area contributed by atoms with E-state index >= 15 is 0 Å². The summed E-state index contributed by atoms with van der Waals surface area (Å²) in [5.74, 6) is 0. The van der Waals surface area contributed by atoms with Crippen LogP contribution >= 0.6 is 0 Å². The summed E-state index contributed by atoms with van der Waals surface area (Å²) < 4.78 is 0. The molecule has 0 radical (unpaired) electrons. The number of rotatable bonds is 11. The molecule has 0 heterocycles. The van der Waals surface area contributed by atoms with E-state index in [0.29, 0.717) is 5.41 Å². The number of hydrogen-bond donors (Lipinski definition) is 1. The third-order valence-corrected chi connectivity index (χ3v) is 5.30. The van der Waals surface area contributed by atoms with Crippen molar-refractivity contribution in [2.75, 3.05) is 0 Å². The van der Waals surface area contributed by atoms with Gasteiger partial charge >= 0.3 is 0 Å². The molecule has 1 heteroatoms. The second kappa shape index (κ2) is 9.87. The third kappa shape index (κ3) is 8.86. The van der Waals surface area contributed by atoms with Crippen LogP contribution in [0.15, 0.2) is 0 Å². The van der Waals surface area contributed by atoms with E-state index in [4.69, 9.17) is 0 Å². The fourth-order valence-corrected chi connectivity index (χ4v) is 4.12. The molecular weight excluding hydrogens is 256 g/mol. The highest BCUT2D eigenvalue weighted by atomic mass is 16.3. The van der Waals surface area contributed by atoms with Crippen LogP contribution in [0, 0.1) is 5.41 Å². The van der Waals surface area contributed by atoms with Gasteiger partial charge < -0.3 is 5.11 Å². The van der Waals surface area contributed by atoms with Crippen molar-refractivity contribution < 1.29 is 5.11 Å². The van der Waals surface area contributed by atoms with Crippen LogP contribution in [0.5, 0.6) is 0 Å². The third-order valence-electron chi connectivity index (χ3n) is 5.30. The Labute approximate surface area is 133 Å². The van der Waals surface area contributed by atoms with E-state index in [2.05, 4.69) is 20.8 Å². The Bertz CT molecular complexity index is 259. The zero-order valence-corrected chi connectivity index (χ0v) is 15.1. The van der Waals surface area contributed by atoms with Crippen LogP contribution in [-0.4, -0.2) is 10.7 Å². The fraction of sp³-hybridized carbons (Fsp3) is 1.00. The Kier molecular flexibility index (Phi) is 8.94. The second-order valence-corrected chi connectivity index (χ2v) is 8.35. The van der Waals surface area contributed by atoms with Gasteiger partial charge in [0.15, 0.2) is 0 Å². The minimum Gasteiger partial charge on any atom is -0.390 e. The Balaban J connectivity index is 1.96. The van der Waals surface area contributed by atoms with Gasteiger partial charge in [0.25, 0.3) is 0 Å². The van der Waals surface area contributed by atoms with E-state index in [-0.39, 0.29) is 5.60 Å². The first-order valence-electron chi connectivity index (χ1n) is 9.70. The Hall–Kier alpha value is -0.0400. The van der Waals surface area contributed by atoms with Crippen LogP contribution in [0.4, 0.5) is 0 Å². The Morgan fingerprint density at radius 3 is 1.81 bits per heavy atom. The summed E-state index contributed by atoms with van der Waals surface area (Å²) in [6.07, 6.45) is 19.4. The molecule has 1 saturated carbocycles. The van der Waals surface area contributed by atoms with Crippen molar-refractivity contribution in [3.63, 3.8) is 0 Å². The normalized spacial score (nSPS) is 25.1. The number of hydrogen-bond acceptors (Lipinski definition) is 1. The van der Waals surface area contributed by atoms with E-state index in [1.165, 1.54) is 77.0 Å². The van der Waals surface area contributed by atoms with E-state index in [1.54, 1.807) is 0 Å². The van der Waals surface area contributed by atoms with Crippen molar-refractivity contribution in [2.45, 2.75) is 123 Å². The van der Waals surface area contributed by atoms with Gasteiger partial charge in [-0.3, -0.25) is 0 Å². The van der Waals surface area contributed by atoms with Crippen molar-refractivity contribution in [2.24, 2.45) is 5.41 Å². The smallest absolute Gasteiger partial charge is 0.0653 e. The van der Waals surface area contributed by atoms with Crippen LogP contribution in [0.25, 0.3) is 0 Å². The molecule has 0 saturated heterocycles. The maximum atomic E-state index is 10.7. The molecule has 0 aromatic rings. The molecule has 0 amide bonds. The molecule has 1 N–H and O–H groups in total. The summed E-state index contributed by atoms with van der Waals surface area (Å²) >= 11 is 0. The first-order chi connectivity index (χ1) is 9.97. The molecule has 1 unspecified atom stereocenters. The molecule has 1 aliphatic carbocycles. The maximum absolute atomic E-state index is 10.7. The van der Waals surface area contributed by atoms with Gasteiger partial charge in [-0.1, -0.05) is 91.4 Å². The fourth-order valence-electron chi connectivity index (χ4n) is 4.12. The summed E-state index contributed by atoms with van der Waals surface area (Å²) in [7, 11) is 0. The average Bonchev–Trinajstić information content (AvgIpc) is 2.39. The number of aliphatic hydroxyl groups is 1. The monoisotopic (exact) mass is 296 g/mol. The lowest BCUT2D eigenvalue weighted by atomic mass is 9.68. The van der Waals surface area contributed by atoms with Gasteiger partial charge in [-0.2, -0.15) is 0 Å². The van der Waals surface area contributed by atoms with Gasteiger partial charge in [-0.05, 0) is 31.1 Å². The van der Waals surface area contributed by atoms with Gasteiger partial charge in [0.05, 0.1) is 5.60 Å². The molecule has 1 fully saturated rings. The number of unbranched alkanes of at least 4 members (excludes halogenated alkanes) is 9. The van der Waals surface area contributed by atoms with E-state index in [0.717, 1.165) is 19.3 Å². The molecule has 0 bridgehead atoms. The predicted octanol–water partition coefficient (Wildman–Crippen LogP) is 6.63. The molecule has 1 aliphatic rings. The molecule has 0 aromatic heterocycles. The van der Waals surface area contributed by atoms with E-state index < -0.39 is 0 Å². The van der Waals surface area contributed by atoms with Crippen LogP contribution in [0.3, 0.4) is 0 Å². The zero-order valence-electron chi connectivity index (χ0n) is 15.1. The lowest BCUT2D eigenvalue weighted by Gasteiger charge is -2.41. The van der Waals surface area contributed by atoms with Crippen molar-refractivity contribution >= 4 is 0 Å². The molecular formula is C20H40O. The van der Waals surface area contributed by atoms with E-state index in [1.807, 2.05) is 0 Å². The van der Waals surface area contributed by atoms with Gasteiger partial charge in [0.2, 0.25) is 0 Å². The van der Waals surface area contributed by atoms with Crippen molar-refractivity contribution in [1.82, 2.24) is 0 Å². The van der Waals surface area contributed by atoms with Crippen LogP contribution in [0.2, 0.25) is 0 Å². The summed E-state index contributed by atoms with van der Waals surface area (Å²) in [6, 6.07) is 0. The van der Waals surface area contributed by atoms with E-state index in [9.17, 15) is 5.11 Å². The van der Waals surface area contributed by atoms with Gasteiger partial charge in [0.1, 0.15) is 0 Å². The standard InChI is InChI=1S/C20H40O/c1-4-5-6-7-8-9-10-11-12-13-16-20(21)17-14-15-19(2,3)18-20/h21H,4-18H2,1-3H3. The predicted molar refractivity (Wildman–Crippen MR) is 93.7 cm³/mol. The minimum atomic E-state index is -0.345. The molecule has 1 nitrogen and oxygen atoms in total. The zero-order chi connectivity index (χ0) is 15.6. The summed E-state index contributed by atoms with van der Waals surface area (Å²) in [5, 5.41) is 10.7. The van der Waals surface area contributed by atoms with Crippen molar-refractivity contribution in [1.29, 1.82) is 0 Å². The average molecular weight is 297 g/mol. The highest BCUT2D eigenvalue weighted by molar-refractivity contribution is 4.90. The van der Waals surface area contributed by atoms with Crippen LogP contribution < -0.4 is 0 Å². The van der Waals surface area contributed by atoms with Crippen molar-refractivity contribution in [3.05, 3.63) is 0 Å². The maximum Gasteiger partial charge on any atom is 0.0653 e. The summed E-state index contributed by atoms with van der Waals surface area (Å²) in [5.41, 5.74) is 0.00733. The lowest BCUT2D eigenvalue weighted by Crippen LogP contribution is -2.38. The van der Waals surface area contributed by atoms with Crippen molar-refractivity contribution in [3.8, 4) is 0 Å². The summed E-state index contributed by atoms with van der Waals surface area (Å²) in [4.78, 5) is 0. The van der Waals surface area contributed by atoms with Gasteiger partial charge in [-0.25, -0.2) is 0 Å². The molecule has 21 heavy (non-hydrogen) atoms. The highest BCUT2D eigenvalue weighted by Gasteiger charge is 2.37. The quantitative estimate of drug-likeness (QED) is 0.424. The Morgan fingerprint density at radius 2 is 1.29 bits per heavy atom.